The van der Waals surface area contributed by atoms with Gasteiger partial charge in [-0.1, -0.05) is 98.1 Å². The lowest BCUT2D eigenvalue weighted by Crippen LogP contribution is -2.17. The van der Waals surface area contributed by atoms with Crippen molar-refractivity contribution in [3.05, 3.63) is 134 Å². The summed E-state index contributed by atoms with van der Waals surface area (Å²) in [5, 5.41) is 0. The molecule has 0 bridgehead atoms. The standard InChI is InChI=1S/C32H29N3/c1-5-13-24(6-2)28-17-11-10-16-27(28)23-35(4)32-21-20-26(22-31(32)33-3)30-19-12-18-29(34-30)25-14-8-7-9-15-25/h5-22H,1-3,23H2,4H3/b24-13+. The number of anilines is 1. The van der Waals surface area contributed by atoms with Crippen molar-refractivity contribution in [3.63, 3.8) is 0 Å². The average Bonchev–Trinajstić information content (AvgIpc) is 2.92. The minimum atomic E-state index is 0.710. The lowest BCUT2D eigenvalue weighted by Gasteiger charge is -2.23. The second-order valence-electron chi connectivity index (χ2n) is 8.21. The molecular weight excluding hydrogens is 426 g/mol. The highest BCUT2D eigenvalue weighted by Crippen LogP contribution is 2.34. The van der Waals surface area contributed by atoms with E-state index in [9.17, 15) is 0 Å². The predicted octanol–water partition coefficient (Wildman–Crippen LogP) is 8.14. The van der Waals surface area contributed by atoms with E-state index in [1.165, 1.54) is 5.56 Å². The van der Waals surface area contributed by atoms with Crippen molar-refractivity contribution in [2.45, 2.75) is 6.54 Å². The zero-order chi connectivity index (χ0) is 24.6. The number of pyridine rings is 1. The molecule has 3 heteroatoms. The number of hydrogen-bond donors (Lipinski definition) is 0. The third-order valence-corrected chi connectivity index (χ3v) is 5.92. The second-order valence-corrected chi connectivity index (χ2v) is 8.21. The first kappa shape index (κ1) is 23.7. The molecule has 3 aromatic carbocycles. The number of hydrogen-bond acceptors (Lipinski definition) is 3. The highest BCUT2D eigenvalue weighted by molar-refractivity contribution is 5.79. The van der Waals surface area contributed by atoms with E-state index in [1.807, 2.05) is 54.6 Å². The van der Waals surface area contributed by atoms with Crippen molar-refractivity contribution < 1.29 is 0 Å². The summed E-state index contributed by atoms with van der Waals surface area (Å²) in [6.07, 6.45) is 5.63. The molecule has 0 spiro atoms. The topological polar surface area (TPSA) is 28.5 Å². The molecule has 1 heterocycles. The molecule has 0 saturated heterocycles. The summed E-state index contributed by atoms with van der Waals surface area (Å²) >= 11 is 0. The van der Waals surface area contributed by atoms with Crippen molar-refractivity contribution in [3.8, 4) is 22.5 Å². The van der Waals surface area contributed by atoms with Gasteiger partial charge in [-0.2, -0.15) is 0 Å². The van der Waals surface area contributed by atoms with Crippen LogP contribution in [0, 0.1) is 0 Å². The molecule has 0 saturated carbocycles. The second kappa shape index (κ2) is 11.1. The first-order chi connectivity index (χ1) is 17.1. The molecule has 35 heavy (non-hydrogen) atoms. The summed E-state index contributed by atoms with van der Waals surface area (Å²) < 4.78 is 0. The molecule has 0 unspecified atom stereocenters. The molecule has 0 radical (unpaired) electrons. The van der Waals surface area contributed by atoms with E-state index in [1.54, 1.807) is 6.08 Å². The van der Waals surface area contributed by atoms with E-state index in [2.05, 4.69) is 85.3 Å². The van der Waals surface area contributed by atoms with Gasteiger partial charge in [0.15, 0.2) is 0 Å². The van der Waals surface area contributed by atoms with Crippen LogP contribution in [0.15, 0.2) is 127 Å². The maximum absolute atomic E-state index is 4.89. The summed E-state index contributed by atoms with van der Waals surface area (Å²) in [5.74, 6) is 0. The van der Waals surface area contributed by atoms with Gasteiger partial charge in [0.25, 0.3) is 0 Å². The molecular formula is C32H29N3. The van der Waals surface area contributed by atoms with Gasteiger partial charge in [-0.15, -0.1) is 0 Å². The molecule has 0 atom stereocenters. The van der Waals surface area contributed by atoms with E-state index in [0.717, 1.165) is 45.0 Å². The smallest absolute Gasteiger partial charge is 0.0862 e. The molecule has 4 aromatic rings. The van der Waals surface area contributed by atoms with Crippen molar-refractivity contribution >= 4 is 23.7 Å². The number of benzene rings is 3. The van der Waals surface area contributed by atoms with E-state index in [4.69, 9.17) is 4.98 Å². The van der Waals surface area contributed by atoms with E-state index in [-0.39, 0.29) is 0 Å². The minimum Gasteiger partial charge on any atom is -0.369 e. The molecule has 1 aromatic heterocycles. The van der Waals surface area contributed by atoms with Crippen LogP contribution in [-0.2, 0) is 6.54 Å². The molecule has 0 aliphatic rings. The van der Waals surface area contributed by atoms with Crippen LogP contribution < -0.4 is 4.90 Å². The van der Waals surface area contributed by atoms with Crippen molar-refractivity contribution in [2.75, 3.05) is 11.9 Å². The van der Waals surface area contributed by atoms with Gasteiger partial charge in [0, 0.05) is 24.7 Å². The largest absolute Gasteiger partial charge is 0.369 e. The number of aliphatic imine (C=N–C) groups is 1. The maximum Gasteiger partial charge on any atom is 0.0862 e. The Hall–Kier alpha value is -4.50. The fraction of sp³-hybridized carbons (Fsp3) is 0.0625. The summed E-state index contributed by atoms with van der Waals surface area (Å²) in [7, 11) is 2.07. The van der Waals surface area contributed by atoms with Crippen LogP contribution in [0.25, 0.3) is 28.1 Å². The molecule has 0 fully saturated rings. The lowest BCUT2D eigenvalue weighted by molar-refractivity contribution is 0.920. The SMILES string of the molecule is C=C/C=C(\C=C)c1ccccc1CN(C)c1ccc(-c2cccc(-c3ccccc3)n2)cc1N=C. The Bertz CT molecular complexity index is 1380. The highest BCUT2D eigenvalue weighted by Gasteiger charge is 2.13. The van der Waals surface area contributed by atoms with Gasteiger partial charge in [0.1, 0.15) is 0 Å². The zero-order valence-electron chi connectivity index (χ0n) is 20.1. The van der Waals surface area contributed by atoms with Gasteiger partial charge in [0.2, 0.25) is 0 Å². The number of rotatable bonds is 9. The molecule has 0 aliphatic carbocycles. The minimum absolute atomic E-state index is 0.710. The van der Waals surface area contributed by atoms with Gasteiger partial charge in [-0.25, -0.2) is 4.98 Å². The third-order valence-electron chi connectivity index (χ3n) is 5.92. The van der Waals surface area contributed by atoms with Crippen LogP contribution in [0.3, 0.4) is 0 Å². The highest BCUT2D eigenvalue weighted by atomic mass is 15.1. The first-order valence-corrected chi connectivity index (χ1v) is 11.5. The normalized spacial score (nSPS) is 11.1. The van der Waals surface area contributed by atoms with Crippen LogP contribution in [-0.4, -0.2) is 18.7 Å². The Balaban J connectivity index is 1.64. The van der Waals surface area contributed by atoms with Crippen LogP contribution in [0.4, 0.5) is 11.4 Å². The van der Waals surface area contributed by atoms with E-state index >= 15 is 0 Å². The maximum atomic E-state index is 4.89. The Kier molecular flexibility index (Phi) is 7.49. The fourth-order valence-electron chi connectivity index (χ4n) is 4.17. The first-order valence-electron chi connectivity index (χ1n) is 11.5. The summed E-state index contributed by atoms with van der Waals surface area (Å²) in [4.78, 5) is 11.4. The Morgan fingerprint density at radius 2 is 1.57 bits per heavy atom. The molecule has 4 rings (SSSR count). The zero-order valence-corrected chi connectivity index (χ0v) is 20.1. The molecule has 3 nitrogen and oxygen atoms in total. The third kappa shape index (κ3) is 5.36. The van der Waals surface area contributed by atoms with Crippen molar-refractivity contribution in [1.29, 1.82) is 0 Å². The van der Waals surface area contributed by atoms with Crippen LogP contribution in [0.1, 0.15) is 11.1 Å². The van der Waals surface area contributed by atoms with Crippen molar-refractivity contribution in [2.24, 2.45) is 4.99 Å². The summed E-state index contributed by atoms with van der Waals surface area (Å²) in [6.45, 7) is 12.3. The van der Waals surface area contributed by atoms with Crippen LogP contribution in [0.5, 0.6) is 0 Å². The molecule has 0 aliphatic heterocycles. The van der Waals surface area contributed by atoms with Gasteiger partial charge in [0.05, 0.1) is 22.8 Å². The van der Waals surface area contributed by atoms with E-state index in [0.29, 0.717) is 6.54 Å². The Labute approximate surface area is 208 Å². The predicted molar refractivity (Wildman–Crippen MR) is 151 cm³/mol. The fourth-order valence-corrected chi connectivity index (χ4v) is 4.17. The van der Waals surface area contributed by atoms with Gasteiger partial charge in [-0.05, 0) is 47.7 Å². The monoisotopic (exact) mass is 455 g/mol. The Morgan fingerprint density at radius 3 is 2.29 bits per heavy atom. The number of allylic oxidation sites excluding steroid dienone is 4. The quantitative estimate of drug-likeness (QED) is 0.188. The van der Waals surface area contributed by atoms with Crippen LogP contribution in [0.2, 0.25) is 0 Å². The summed E-state index contributed by atoms with van der Waals surface area (Å²) in [5.41, 5.74) is 9.15. The van der Waals surface area contributed by atoms with Crippen molar-refractivity contribution in [1.82, 2.24) is 4.98 Å². The average molecular weight is 456 g/mol. The summed E-state index contributed by atoms with van der Waals surface area (Å²) in [6, 6.07) is 30.9. The van der Waals surface area contributed by atoms with E-state index < -0.39 is 0 Å². The van der Waals surface area contributed by atoms with Gasteiger partial charge >= 0.3 is 0 Å². The molecule has 172 valence electrons. The number of nitrogens with zero attached hydrogens (tertiary/aromatic N) is 3. The lowest BCUT2D eigenvalue weighted by atomic mass is 9.98. The van der Waals surface area contributed by atoms with Gasteiger partial charge in [-0.3, -0.25) is 4.99 Å². The molecule has 0 N–H and O–H groups in total. The number of aromatic nitrogens is 1. The van der Waals surface area contributed by atoms with Gasteiger partial charge < -0.3 is 4.90 Å². The Morgan fingerprint density at radius 1 is 0.857 bits per heavy atom. The molecule has 0 amide bonds. The van der Waals surface area contributed by atoms with Crippen LogP contribution >= 0.6 is 0 Å².